The molecule has 0 aliphatic heterocycles. The first-order chi connectivity index (χ1) is 28.7. The number of ether oxygens (including phenoxy) is 2. The number of esters is 2. The van der Waals surface area contributed by atoms with Crippen LogP contribution in [0.5, 0.6) is 0 Å². The van der Waals surface area contributed by atoms with Gasteiger partial charge in [-0.25, -0.2) is 0 Å². The summed E-state index contributed by atoms with van der Waals surface area (Å²) in [6.07, 6.45) is 42.4. The summed E-state index contributed by atoms with van der Waals surface area (Å²) < 4.78 is 11.7. The number of carbonyl (C=O) groups is 2. The fraction of sp³-hybridized carbons (Fsp3) is 0.962. The Morgan fingerprint density at radius 3 is 1.19 bits per heavy atom. The second kappa shape index (κ2) is 44.9. The average molecular weight is 835 g/mol. The Balaban J connectivity index is 4.27. The number of hydrogen-bond acceptors (Lipinski definition) is 6. The van der Waals surface area contributed by atoms with Gasteiger partial charge < -0.3 is 19.3 Å². The van der Waals surface area contributed by atoms with Crippen molar-refractivity contribution in [3.05, 3.63) is 0 Å². The van der Waals surface area contributed by atoms with Crippen molar-refractivity contribution in [3.8, 4) is 0 Å². The topological polar surface area (TPSA) is 59.1 Å². The molecule has 0 radical (unpaired) electrons. The van der Waals surface area contributed by atoms with Gasteiger partial charge in [-0.15, -0.1) is 0 Å². The zero-order valence-electron chi connectivity index (χ0n) is 41.3. The van der Waals surface area contributed by atoms with Crippen LogP contribution in [0.1, 0.15) is 259 Å². The highest BCUT2D eigenvalue weighted by Crippen LogP contribution is 2.23. The predicted molar refractivity (Wildman–Crippen MR) is 257 cm³/mol. The molecule has 3 unspecified atom stereocenters. The lowest BCUT2D eigenvalue weighted by Crippen LogP contribution is -2.33. The Morgan fingerprint density at radius 1 is 0.390 bits per heavy atom. The number of carbonyl (C=O) groups excluding carboxylic acids is 2. The molecule has 0 aliphatic carbocycles. The maximum Gasteiger partial charge on any atom is 0.305 e. The zero-order chi connectivity index (χ0) is 43.4. The van der Waals surface area contributed by atoms with Crippen molar-refractivity contribution < 1.29 is 19.1 Å². The molecule has 0 spiro atoms. The minimum Gasteiger partial charge on any atom is -0.465 e. The summed E-state index contributed by atoms with van der Waals surface area (Å²) in [6.45, 7) is 17.3. The van der Waals surface area contributed by atoms with Gasteiger partial charge in [0.15, 0.2) is 0 Å². The van der Waals surface area contributed by atoms with Crippen molar-refractivity contribution in [1.82, 2.24) is 9.80 Å². The molecule has 0 amide bonds. The van der Waals surface area contributed by atoms with Crippen molar-refractivity contribution in [3.63, 3.8) is 0 Å². The van der Waals surface area contributed by atoms with E-state index in [0.29, 0.717) is 37.9 Å². The Morgan fingerprint density at radius 2 is 0.746 bits per heavy atom. The number of hydrogen-bond donors (Lipinski definition) is 0. The molecule has 0 aromatic carbocycles. The second-order valence-corrected chi connectivity index (χ2v) is 19.2. The van der Waals surface area contributed by atoms with Crippen LogP contribution in [0.3, 0.4) is 0 Å². The van der Waals surface area contributed by atoms with Crippen LogP contribution in [-0.2, 0) is 19.1 Å². The smallest absolute Gasteiger partial charge is 0.305 e. The molecule has 3 atom stereocenters. The van der Waals surface area contributed by atoms with Gasteiger partial charge in [-0.1, -0.05) is 195 Å². The van der Waals surface area contributed by atoms with E-state index in [0.717, 1.165) is 57.8 Å². The van der Waals surface area contributed by atoms with E-state index in [9.17, 15) is 9.59 Å². The Kier molecular flexibility index (Phi) is 44.0. The highest BCUT2D eigenvalue weighted by molar-refractivity contribution is 5.69. The molecule has 6 heteroatoms. The molecule has 0 aromatic rings. The summed E-state index contributed by atoms with van der Waals surface area (Å²) in [4.78, 5) is 30.2. The van der Waals surface area contributed by atoms with Gasteiger partial charge >= 0.3 is 11.9 Å². The van der Waals surface area contributed by atoms with Gasteiger partial charge in [-0.3, -0.25) is 9.59 Å². The highest BCUT2D eigenvalue weighted by atomic mass is 16.5. The molecule has 0 fully saturated rings. The van der Waals surface area contributed by atoms with E-state index in [1.807, 2.05) is 0 Å². The fourth-order valence-electron chi connectivity index (χ4n) is 8.52. The van der Waals surface area contributed by atoms with Crippen molar-refractivity contribution >= 4 is 11.9 Å². The van der Waals surface area contributed by atoms with Crippen LogP contribution in [0.15, 0.2) is 0 Å². The van der Waals surface area contributed by atoms with Crippen molar-refractivity contribution in [2.45, 2.75) is 259 Å². The maximum absolute atomic E-state index is 12.6. The van der Waals surface area contributed by atoms with Gasteiger partial charge in [0.25, 0.3) is 0 Å². The quantitative estimate of drug-likeness (QED) is 0.0450. The first-order valence-corrected chi connectivity index (χ1v) is 26.4. The summed E-state index contributed by atoms with van der Waals surface area (Å²) >= 11 is 0. The van der Waals surface area contributed by atoms with Gasteiger partial charge in [0.1, 0.15) is 0 Å². The van der Waals surface area contributed by atoms with Crippen LogP contribution in [0.25, 0.3) is 0 Å². The third-order valence-corrected chi connectivity index (χ3v) is 12.8. The zero-order valence-corrected chi connectivity index (χ0v) is 41.3. The van der Waals surface area contributed by atoms with Crippen LogP contribution in [0.2, 0.25) is 0 Å². The Hall–Kier alpha value is -1.14. The first kappa shape index (κ1) is 57.9. The normalized spacial score (nSPS) is 13.3. The van der Waals surface area contributed by atoms with Crippen molar-refractivity contribution in [1.29, 1.82) is 0 Å². The molecule has 0 saturated heterocycles. The molecule has 0 aliphatic rings. The lowest BCUT2D eigenvalue weighted by atomic mass is 9.92. The third kappa shape index (κ3) is 42.0. The van der Waals surface area contributed by atoms with E-state index in [2.05, 4.69) is 58.5 Å². The molecular formula is C53H106N2O4. The molecule has 0 N–H and O–H groups in total. The van der Waals surface area contributed by atoms with Gasteiger partial charge in [0.05, 0.1) is 13.2 Å². The number of unbranched alkanes of at least 4 members (excludes halogenated alkanes) is 20. The molecule has 0 saturated carbocycles. The average Bonchev–Trinajstić information content (AvgIpc) is 3.22. The molecule has 0 rings (SSSR count). The van der Waals surface area contributed by atoms with E-state index < -0.39 is 0 Å². The monoisotopic (exact) mass is 835 g/mol. The summed E-state index contributed by atoms with van der Waals surface area (Å²) in [5, 5.41) is 0. The molecular weight excluding hydrogens is 729 g/mol. The molecule has 59 heavy (non-hydrogen) atoms. The first-order valence-electron chi connectivity index (χ1n) is 26.4. The fourth-order valence-corrected chi connectivity index (χ4v) is 8.52. The van der Waals surface area contributed by atoms with E-state index >= 15 is 0 Å². The van der Waals surface area contributed by atoms with E-state index in [4.69, 9.17) is 9.47 Å². The number of likely N-dealkylation sites (N-methyl/N-ethyl adjacent to an activating group) is 1. The largest absolute Gasteiger partial charge is 0.465 e. The standard InChI is InChI=1S/C53H106N2O4/c1-8-12-16-19-22-29-39-50(37-27-17-13-9-2)47-58-52(56)41-30-23-20-25-32-43-55(46-45-54(6)7)44-33-26-21-24-31-42-53(57)59-48-51(38-28-18-14-10-3)40-34-36-49(5)35-15-11-4/h49-51H,8-48H2,1-7H3. The molecule has 0 aromatic heterocycles. The SMILES string of the molecule is CCCCCCCCC(CCCCCC)COC(=O)CCCCCCCN(CCCCCCCC(=O)OCC(CCCCCC)CCCC(C)CCCC)CCN(C)C. The van der Waals surface area contributed by atoms with Gasteiger partial charge in [0.2, 0.25) is 0 Å². The van der Waals surface area contributed by atoms with E-state index in [-0.39, 0.29) is 11.9 Å². The second-order valence-electron chi connectivity index (χ2n) is 19.2. The van der Waals surface area contributed by atoms with Crippen LogP contribution in [0, 0.1) is 17.8 Å². The van der Waals surface area contributed by atoms with Crippen LogP contribution >= 0.6 is 0 Å². The maximum atomic E-state index is 12.6. The minimum atomic E-state index is 0.0189. The third-order valence-electron chi connectivity index (χ3n) is 12.8. The predicted octanol–water partition coefficient (Wildman–Crippen LogP) is 15.5. The molecule has 0 heterocycles. The van der Waals surface area contributed by atoms with Gasteiger partial charge in [0, 0.05) is 25.9 Å². The molecule has 0 bridgehead atoms. The summed E-state index contributed by atoms with van der Waals surface area (Å²) in [7, 11) is 4.34. The lowest BCUT2D eigenvalue weighted by molar-refractivity contribution is -0.146. The van der Waals surface area contributed by atoms with Crippen molar-refractivity contribution in [2.75, 3.05) is 53.5 Å². The molecule has 6 nitrogen and oxygen atoms in total. The van der Waals surface area contributed by atoms with E-state index in [1.54, 1.807) is 0 Å². The van der Waals surface area contributed by atoms with Gasteiger partial charge in [-0.2, -0.15) is 0 Å². The van der Waals surface area contributed by atoms with E-state index in [1.165, 1.54) is 186 Å². The summed E-state index contributed by atoms with van der Waals surface area (Å²) in [5.41, 5.74) is 0. The highest BCUT2D eigenvalue weighted by Gasteiger charge is 2.15. The molecule has 352 valence electrons. The number of nitrogens with zero attached hydrogens (tertiary/aromatic N) is 2. The Bertz CT molecular complexity index is 882. The van der Waals surface area contributed by atoms with Crippen LogP contribution in [-0.4, -0.2) is 75.2 Å². The van der Waals surface area contributed by atoms with Crippen LogP contribution < -0.4 is 0 Å². The lowest BCUT2D eigenvalue weighted by Gasteiger charge is -2.24. The number of rotatable bonds is 47. The Labute approximate surface area is 370 Å². The van der Waals surface area contributed by atoms with Crippen molar-refractivity contribution in [2.24, 2.45) is 17.8 Å². The minimum absolute atomic E-state index is 0.0189. The summed E-state index contributed by atoms with van der Waals surface area (Å²) in [5.74, 6) is 1.94. The van der Waals surface area contributed by atoms with Gasteiger partial charge in [-0.05, 0) is 96.3 Å². The van der Waals surface area contributed by atoms with Crippen LogP contribution in [0.4, 0.5) is 0 Å². The summed E-state index contributed by atoms with van der Waals surface area (Å²) in [6, 6.07) is 0.